The van der Waals surface area contributed by atoms with Gasteiger partial charge in [-0.05, 0) is 68.5 Å². The van der Waals surface area contributed by atoms with Crippen LogP contribution in [0.3, 0.4) is 0 Å². The summed E-state index contributed by atoms with van der Waals surface area (Å²) < 4.78 is 5.62. The fourth-order valence-corrected chi connectivity index (χ4v) is 6.57. The van der Waals surface area contributed by atoms with Crippen molar-refractivity contribution in [3.05, 3.63) is 88.3 Å². The minimum Gasteiger partial charge on any atom is -0.481 e. The average Bonchev–Trinajstić information content (AvgIpc) is 3.49. The molecule has 4 aromatic rings. The lowest BCUT2D eigenvalue weighted by molar-refractivity contribution is -0.119. The van der Waals surface area contributed by atoms with Crippen molar-refractivity contribution < 1.29 is 19.4 Å². The first-order valence-corrected chi connectivity index (χ1v) is 16.5. The van der Waals surface area contributed by atoms with Gasteiger partial charge in [0.25, 0.3) is 5.91 Å². The Kier molecular flexibility index (Phi) is 10.0. The van der Waals surface area contributed by atoms with Gasteiger partial charge in [0.2, 0.25) is 11.8 Å². The Morgan fingerprint density at radius 3 is 2.65 bits per heavy atom. The minimum atomic E-state index is -0.578. The third kappa shape index (κ3) is 7.65. The molecular formula is C36H40ClN7O4. The number of aliphatic hydroxyl groups is 1. The molecule has 1 aromatic carbocycles. The highest BCUT2D eigenvalue weighted by Gasteiger charge is 2.37. The van der Waals surface area contributed by atoms with Crippen molar-refractivity contribution in [2.24, 2.45) is 0 Å². The van der Waals surface area contributed by atoms with Crippen molar-refractivity contribution in [3.8, 4) is 28.4 Å². The first-order chi connectivity index (χ1) is 23.1. The summed E-state index contributed by atoms with van der Waals surface area (Å²) in [6.07, 6.45) is 6.23. The van der Waals surface area contributed by atoms with Crippen LogP contribution < -0.4 is 26.0 Å². The molecule has 5 N–H and O–H groups in total. The van der Waals surface area contributed by atoms with E-state index in [0.29, 0.717) is 65.3 Å². The summed E-state index contributed by atoms with van der Waals surface area (Å²) in [6.45, 7) is 5.59. The number of pyridine rings is 3. The largest absolute Gasteiger partial charge is 0.481 e. The van der Waals surface area contributed by atoms with Crippen molar-refractivity contribution in [3.63, 3.8) is 0 Å². The van der Waals surface area contributed by atoms with E-state index in [1.165, 1.54) is 0 Å². The van der Waals surface area contributed by atoms with Gasteiger partial charge in [0.05, 0.1) is 29.1 Å². The number of carbonyl (C=O) groups excluding carboxylic acids is 2. The van der Waals surface area contributed by atoms with Gasteiger partial charge in [-0.25, -0.2) is 4.98 Å². The van der Waals surface area contributed by atoms with E-state index in [1.807, 2.05) is 56.3 Å². The normalized spacial score (nSPS) is 20.2. The van der Waals surface area contributed by atoms with Crippen LogP contribution in [0.4, 0.5) is 5.69 Å². The number of carbonyl (C=O) groups is 2. The molecule has 11 nitrogen and oxygen atoms in total. The van der Waals surface area contributed by atoms with Crippen LogP contribution >= 0.6 is 11.6 Å². The number of nitrogens with zero attached hydrogens (tertiary/aromatic N) is 3. The van der Waals surface area contributed by atoms with E-state index in [2.05, 4.69) is 31.2 Å². The van der Waals surface area contributed by atoms with Crippen LogP contribution in [0.1, 0.15) is 59.8 Å². The Balaban J connectivity index is 1.13. The molecule has 1 saturated heterocycles. The first-order valence-electron chi connectivity index (χ1n) is 16.1. The molecule has 0 spiro atoms. The average molecular weight is 670 g/mol. The van der Waals surface area contributed by atoms with Crippen LogP contribution in [0.2, 0.25) is 5.02 Å². The molecule has 1 aliphatic carbocycles. The number of methoxy groups -OCH3 is 1. The number of amides is 2. The Bertz CT molecular complexity index is 1810. The van der Waals surface area contributed by atoms with Crippen LogP contribution in [0.15, 0.2) is 60.9 Å². The zero-order valence-electron chi connectivity index (χ0n) is 27.3. The number of hydrogen-bond acceptors (Lipinski definition) is 9. The van der Waals surface area contributed by atoms with Gasteiger partial charge < -0.3 is 31.1 Å². The minimum absolute atomic E-state index is 0.0926. The molecule has 2 aliphatic rings. The quantitative estimate of drug-likeness (QED) is 0.143. The standard InChI is InChI=1S/C36H40ClN7O4/c1-21-26(5-4-6-28(21)43-34(46)30-10-7-22(18-41-30)17-40-25-15-36(2,47)16-25)33-32(37)27(13-14-39-33)29-11-8-23(35(44-29)48-3)19-38-20-24-9-12-31(45)42-24/h4-8,10-11,13-14,18,24-25,38,40,47H,9,12,15-17,19-20H2,1-3H3,(H,42,45)(H,43,46). The second-order valence-electron chi connectivity index (χ2n) is 12.8. The smallest absolute Gasteiger partial charge is 0.274 e. The molecule has 0 bridgehead atoms. The Labute approximate surface area is 284 Å². The SMILES string of the molecule is COc1nc(-c2ccnc(-c3cccc(NC(=O)c4ccc(CNC5CC(C)(O)C5)cn4)c3C)c2Cl)ccc1CNCC1CCC(=O)N1. The molecule has 1 atom stereocenters. The maximum Gasteiger partial charge on any atom is 0.274 e. The highest BCUT2D eigenvalue weighted by Crippen LogP contribution is 2.38. The fourth-order valence-electron chi connectivity index (χ4n) is 6.26. The number of anilines is 1. The summed E-state index contributed by atoms with van der Waals surface area (Å²) in [5.74, 6) is 0.253. The molecular weight excluding hydrogens is 630 g/mol. The van der Waals surface area contributed by atoms with Crippen LogP contribution in [0.25, 0.3) is 22.5 Å². The van der Waals surface area contributed by atoms with Crippen LogP contribution in [-0.2, 0) is 17.9 Å². The third-order valence-electron chi connectivity index (χ3n) is 8.95. The maximum atomic E-state index is 13.2. The second-order valence-corrected chi connectivity index (χ2v) is 13.2. The molecule has 3 aromatic heterocycles. The lowest BCUT2D eigenvalue weighted by Crippen LogP contribution is -2.51. The molecule has 4 heterocycles. The fraction of sp³-hybridized carbons (Fsp3) is 0.361. The molecule has 1 aliphatic heterocycles. The van der Waals surface area contributed by atoms with Gasteiger partial charge in [-0.1, -0.05) is 35.9 Å². The Morgan fingerprint density at radius 2 is 1.94 bits per heavy atom. The molecule has 48 heavy (non-hydrogen) atoms. The summed E-state index contributed by atoms with van der Waals surface area (Å²) >= 11 is 6.99. The lowest BCUT2D eigenvalue weighted by Gasteiger charge is -2.41. The van der Waals surface area contributed by atoms with E-state index >= 15 is 0 Å². The van der Waals surface area contributed by atoms with Crippen molar-refractivity contribution in [2.75, 3.05) is 19.0 Å². The lowest BCUT2D eigenvalue weighted by atomic mass is 9.77. The van der Waals surface area contributed by atoms with Gasteiger partial charge in [0, 0.05) is 72.9 Å². The number of nitrogens with one attached hydrogen (secondary N) is 4. The van der Waals surface area contributed by atoms with E-state index in [0.717, 1.165) is 41.5 Å². The molecule has 12 heteroatoms. The van der Waals surface area contributed by atoms with E-state index in [1.54, 1.807) is 25.6 Å². The topological polar surface area (TPSA) is 150 Å². The molecule has 2 fully saturated rings. The Morgan fingerprint density at radius 1 is 1.10 bits per heavy atom. The van der Waals surface area contributed by atoms with Gasteiger partial charge >= 0.3 is 0 Å². The van der Waals surface area contributed by atoms with Crippen LogP contribution in [-0.4, -0.2) is 63.2 Å². The van der Waals surface area contributed by atoms with Crippen molar-refractivity contribution >= 4 is 29.1 Å². The van der Waals surface area contributed by atoms with E-state index < -0.39 is 5.60 Å². The molecule has 6 rings (SSSR count). The van der Waals surface area contributed by atoms with Crippen molar-refractivity contribution in [1.29, 1.82) is 0 Å². The molecule has 1 saturated carbocycles. The molecule has 0 radical (unpaired) electrons. The number of rotatable bonds is 12. The number of benzene rings is 1. The highest BCUT2D eigenvalue weighted by molar-refractivity contribution is 6.35. The Hall–Kier alpha value is -4.42. The number of halogens is 1. The molecule has 250 valence electrons. The van der Waals surface area contributed by atoms with Gasteiger partial charge in [-0.3, -0.25) is 19.6 Å². The van der Waals surface area contributed by atoms with E-state index in [4.69, 9.17) is 21.3 Å². The van der Waals surface area contributed by atoms with Crippen molar-refractivity contribution in [1.82, 2.24) is 30.9 Å². The van der Waals surface area contributed by atoms with Gasteiger partial charge in [-0.2, -0.15) is 0 Å². The van der Waals surface area contributed by atoms with Crippen LogP contribution in [0.5, 0.6) is 5.88 Å². The van der Waals surface area contributed by atoms with E-state index in [-0.39, 0.29) is 23.9 Å². The number of hydrogen-bond donors (Lipinski definition) is 5. The number of aromatic nitrogens is 3. The zero-order chi connectivity index (χ0) is 33.8. The summed E-state index contributed by atoms with van der Waals surface area (Å²) in [4.78, 5) is 38.4. The number of ether oxygens (including phenoxy) is 1. The predicted molar refractivity (Wildman–Crippen MR) is 185 cm³/mol. The summed E-state index contributed by atoms with van der Waals surface area (Å²) in [5, 5.41) is 23.1. The molecule has 1 unspecified atom stereocenters. The second kappa shape index (κ2) is 14.4. The highest BCUT2D eigenvalue weighted by atomic mass is 35.5. The maximum absolute atomic E-state index is 13.2. The summed E-state index contributed by atoms with van der Waals surface area (Å²) in [6, 6.07) is 15.3. The van der Waals surface area contributed by atoms with Crippen LogP contribution in [0, 0.1) is 6.92 Å². The van der Waals surface area contributed by atoms with Gasteiger partial charge in [-0.15, -0.1) is 0 Å². The first kappa shape index (κ1) is 33.5. The van der Waals surface area contributed by atoms with Crippen molar-refractivity contribution in [2.45, 2.75) is 70.3 Å². The predicted octanol–water partition coefficient (Wildman–Crippen LogP) is 4.80. The monoisotopic (exact) mass is 669 g/mol. The van der Waals surface area contributed by atoms with Gasteiger partial charge in [0.15, 0.2) is 0 Å². The summed E-state index contributed by atoms with van der Waals surface area (Å²) in [5.41, 5.74) is 5.68. The van der Waals surface area contributed by atoms with Gasteiger partial charge in [0.1, 0.15) is 5.69 Å². The molecule has 2 amide bonds. The summed E-state index contributed by atoms with van der Waals surface area (Å²) in [7, 11) is 1.58. The zero-order valence-corrected chi connectivity index (χ0v) is 28.0. The van der Waals surface area contributed by atoms with E-state index in [9.17, 15) is 14.7 Å². The third-order valence-corrected chi connectivity index (χ3v) is 9.33.